The summed E-state index contributed by atoms with van der Waals surface area (Å²) in [6.45, 7) is 17.1. The molecule has 1 saturated heterocycles. The van der Waals surface area contributed by atoms with Crippen LogP contribution in [0.1, 0.15) is 41.0 Å². The predicted molar refractivity (Wildman–Crippen MR) is 112 cm³/mol. The second-order valence-electron chi connectivity index (χ2n) is 8.75. The van der Waals surface area contributed by atoms with Gasteiger partial charge in [0.15, 0.2) is 9.04 Å². The third kappa shape index (κ3) is 5.10. The maximum absolute atomic E-state index is 13.0. The highest BCUT2D eigenvalue weighted by atomic mass is 28.3. The molecule has 1 rings (SSSR count). The number of hydrogen-bond donors (Lipinski definition) is 1. The fraction of sp³-hybridized carbons (Fsp3) is 0.700. The Labute approximate surface area is 174 Å². The van der Waals surface area contributed by atoms with Gasteiger partial charge >= 0.3 is 11.7 Å². The minimum atomic E-state index is -1.52. The normalized spacial score (nSPS) is 21.9. The lowest BCUT2D eigenvalue weighted by Crippen LogP contribution is -2.73. The fourth-order valence-electron chi connectivity index (χ4n) is 3.71. The minimum absolute atomic E-state index is 0.111. The van der Waals surface area contributed by atoms with Crippen LogP contribution in [0.2, 0.25) is 13.1 Å². The van der Waals surface area contributed by atoms with E-state index in [0.29, 0.717) is 6.42 Å². The number of rotatable bonds is 10. The Morgan fingerprint density at radius 2 is 1.93 bits per heavy atom. The lowest BCUT2D eigenvalue weighted by molar-refractivity contribution is -0.164. The van der Waals surface area contributed by atoms with Gasteiger partial charge in [-0.1, -0.05) is 40.3 Å². The maximum Gasteiger partial charge on any atom is 0.441 e. The Kier molecular flexibility index (Phi) is 8.26. The Bertz CT molecular complexity index is 724. The Balaban J connectivity index is 3.26. The standard InChI is InChI=1S/C20H33N3O5Si/c1-9-11-27-18(26)15(23-21)16(24)12(10-2)14-13(17(25)22-14)20(6,19(3,4)5)28-29(7)8/h9,12-14,29H,1,10-11H2,2-8H3,(H,22,25)/t12-,13-,14-,20-/m1/s1. The number of hydrogen-bond acceptors (Lipinski definition) is 5. The van der Waals surface area contributed by atoms with Crippen molar-refractivity contribution in [1.29, 1.82) is 0 Å². The summed E-state index contributed by atoms with van der Waals surface area (Å²) >= 11 is 0. The van der Waals surface area contributed by atoms with E-state index in [1.807, 2.05) is 40.8 Å². The highest BCUT2D eigenvalue weighted by Crippen LogP contribution is 2.46. The highest BCUT2D eigenvalue weighted by molar-refractivity contribution is 6.62. The molecule has 0 saturated carbocycles. The van der Waals surface area contributed by atoms with Crippen LogP contribution in [0.25, 0.3) is 5.53 Å². The number of Topliss-reactive ketones (excluding diaryl/α,β-unsaturated/α-hetero) is 1. The number of amides is 1. The molecule has 1 N–H and O–H groups in total. The predicted octanol–water partition coefficient (Wildman–Crippen LogP) is 1.90. The molecule has 0 bridgehead atoms. The van der Waals surface area contributed by atoms with Crippen LogP contribution in [0.5, 0.6) is 0 Å². The lowest BCUT2D eigenvalue weighted by atomic mass is 9.61. The summed E-state index contributed by atoms with van der Waals surface area (Å²) in [5.74, 6) is -3.21. The minimum Gasteiger partial charge on any atom is -0.453 e. The molecule has 0 aliphatic carbocycles. The highest BCUT2D eigenvalue weighted by Gasteiger charge is 2.60. The molecule has 1 fully saturated rings. The zero-order valence-corrected chi connectivity index (χ0v) is 19.6. The van der Waals surface area contributed by atoms with E-state index < -0.39 is 50.0 Å². The number of ketones is 1. The first-order valence-corrected chi connectivity index (χ1v) is 12.7. The van der Waals surface area contributed by atoms with Crippen LogP contribution in [0.3, 0.4) is 0 Å². The van der Waals surface area contributed by atoms with Gasteiger partial charge in [-0.3, -0.25) is 9.59 Å². The van der Waals surface area contributed by atoms with Gasteiger partial charge in [0.25, 0.3) is 5.78 Å². The van der Waals surface area contributed by atoms with E-state index in [2.05, 4.69) is 16.7 Å². The molecule has 0 aromatic heterocycles. The van der Waals surface area contributed by atoms with E-state index in [0.717, 1.165) is 0 Å². The number of ether oxygens (including phenoxy) is 1. The zero-order valence-electron chi connectivity index (χ0n) is 18.4. The first-order chi connectivity index (χ1) is 13.3. The summed E-state index contributed by atoms with van der Waals surface area (Å²) in [5, 5.41) is 2.81. The Morgan fingerprint density at radius 1 is 1.34 bits per heavy atom. The first-order valence-electron chi connectivity index (χ1n) is 9.88. The topological polar surface area (TPSA) is 118 Å². The molecule has 8 nitrogen and oxygen atoms in total. The first kappa shape index (κ1) is 24.9. The van der Waals surface area contributed by atoms with Crippen molar-refractivity contribution in [3.8, 4) is 0 Å². The van der Waals surface area contributed by atoms with Gasteiger partial charge in [0.05, 0.1) is 23.5 Å². The Morgan fingerprint density at radius 3 is 2.31 bits per heavy atom. The third-order valence-electron chi connectivity index (χ3n) is 5.58. The molecule has 29 heavy (non-hydrogen) atoms. The maximum atomic E-state index is 13.0. The van der Waals surface area contributed by atoms with Crippen molar-refractivity contribution in [2.24, 2.45) is 17.3 Å². The molecule has 1 aliphatic heterocycles. The van der Waals surface area contributed by atoms with Crippen molar-refractivity contribution < 1.29 is 28.3 Å². The average molecular weight is 424 g/mol. The number of esters is 1. The van der Waals surface area contributed by atoms with Gasteiger partial charge in [0.2, 0.25) is 5.91 Å². The third-order valence-corrected chi connectivity index (χ3v) is 6.54. The van der Waals surface area contributed by atoms with E-state index in [1.165, 1.54) is 6.08 Å². The van der Waals surface area contributed by atoms with Crippen molar-refractivity contribution in [1.82, 2.24) is 5.32 Å². The van der Waals surface area contributed by atoms with Crippen molar-refractivity contribution in [3.05, 3.63) is 18.2 Å². The molecule has 1 heterocycles. The van der Waals surface area contributed by atoms with Crippen LogP contribution in [0.4, 0.5) is 0 Å². The SMILES string of the molecule is C=CCOC(=O)C(=[N+]=[N-])C(=O)[C@H](CC)[C@H]1NC(=O)[C@@H]1[C@@](C)(O[SiH](C)C)C(C)(C)C. The number of carbonyl (C=O) groups is 3. The van der Waals surface area contributed by atoms with E-state index >= 15 is 0 Å². The number of nitrogens with one attached hydrogen (secondary N) is 1. The summed E-state index contributed by atoms with van der Waals surface area (Å²) in [6, 6.07) is -0.541. The molecular weight excluding hydrogens is 390 g/mol. The summed E-state index contributed by atoms with van der Waals surface area (Å²) in [6.07, 6.45) is 1.69. The molecule has 0 radical (unpaired) electrons. The molecule has 9 heteroatoms. The molecule has 0 aromatic carbocycles. The van der Waals surface area contributed by atoms with Gasteiger partial charge in [-0.2, -0.15) is 4.79 Å². The lowest BCUT2D eigenvalue weighted by Gasteiger charge is -2.55. The average Bonchev–Trinajstić information content (AvgIpc) is 2.58. The number of β-lactam (4-membered cyclic amide) rings is 1. The molecule has 0 unspecified atom stereocenters. The van der Waals surface area contributed by atoms with Crippen molar-refractivity contribution in [3.63, 3.8) is 0 Å². The largest absolute Gasteiger partial charge is 0.453 e. The number of carbonyl (C=O) groups excluding carboxylic acids is 3. The van der Waals surface area contributed by atoms with Crippen LogP contribution in [0.15, 0.2) is 12.7 Å². The van der Waals surface area contributed by atoms with Crippen LogP contribution < -0.4 is 5.32 Å². The van der Waals surface area contributed by atoms with Crippen molar-refractivity contribution in [2.45, 2.75) is 65.8 Å². The van der Waals surface area contributed by atoms with Crippen LogP contribution in [0, 0.1) is 17.3 Å². The molecular formula is C20H33N3O5Si. The van der Waals surface area contributed by atoms with Crippen LogP contribution in [-0.2, 0) is 23.5 Å². The molecule has 1 amide bonds. The quantitative estimate of drug-likeness (QED) is 0.0841. The van der Waals surface area contributed by atoms with Crippen molar-refractivity contribution >= 4 is 32.4 Å². The van der Waals surface area contributed by atoms with Gasteiger partial charge in [-0.15, -0.1) is 0 Å². The summed E-state index contributed by atoms with van der Waals surface area (Å²) in [7, 11) is -1.52. The van der Waals surface area contributed by atoms with Crippen molar-refractivity contribution in [2.75, 3.05) is 6.61 Å². The van der Waals surface area contributed by atoms with Gasteiger partial charge in [-0.25, -0.2) is 4.79 Å². The van der Waals surface area contributed by atoms with E-state index in [1.54, 1.807) is 6.92 Å². The van der Waals surface area contributed by atoms with Gasteiger partial charge in [0, 0.05) is 0 Å². The summed E-state index contributed by atoms with van der Waals surface area (Å²) in [4.78, 5) is 40.6. The summed E-state index contributed by atoms with van der Waals surface area (Å²) < 4.78 is 11.2. The van der Waals surface area contributed by atoms with Crippen LogP contribution >= 0.6 is 0 Å². The van der Waals surface area contributed by atoms with Crippen LogP contribution in [-0.4, -0.2) is 55.5 Å². The van der Waals surface area contributed by atoms with E-state index in [4.69, 9.17) is 9.16 Å². The molecule has 1 aliphatic rings. The number of nitrogens with zero attached hydrogens (tertiary/aromatic N) is 2. The smallest absolute Gasteiger partial charge is 0.441 e. The molecule has 0 spiro atoms. The second-order valence-corrected chi connectivity index (χ2v) is 11.1. The van der Waals surface area contributed by atoms with Gasteiger partial charge in [0.1, 0.15) is 6.61 Å². The van der Waals surface area contributed by atoms with E-state index in [9.17, 15) is 19.9 Å². The molecule has 0 aromatic rings. The Hall–Kier alpha value is -2.09. The van der Waals surface area contributed by atoms with Gasteiger partial charge in [-0.05, 0) is 31.9 Å². The molecule has 4 atom stereocenters. The monoisotopic (exact) mass is 423 g/mol. The second kappa shape index (κ2) is 9.60. The summed E-state index contributed by atoms with van der Waals surface area (Å²) in [5.41, 5.74) is 7.39. The molecule has 162 valence electrons. The fourth-order valence-corrected chi connectivity index (χ4v) is 5.19. The van der Waals surface area contributed by atoms with E-state index in [-0.39, 0.29) is 17.9 Å². The van der Waals surface area contributed by atoms with Gasteiger partial charge < -0.3 is 20.0 Å². The zero-order chi connectivity index (χ0) is 22.6.